The summed E-state index contributed by atoms with van der Waals surface area (Å²) in [6.07, 6.45) is 1.38. The summed E-state index contributed by atoms with van der Waals surface area (Å²) in [7, 11) is 0. The van der Waals surface area contributed by atoms with Gasteiger partial charge in [-0.05, 0) is 42.7 Å². The minimum absolute atomic E-state index is 0.0771. The second-order valence-electron chi connectivity index (χ2n) is 11.5. The molecule has 2 fully saturated rings. The number of fused-ring (bicyclic) bond motifs is 2. The van der Waals surface area contributed by atoms with Gasteiger partial charge in [-0.2, -0.15) is 0 Å². The Morgan fingerprint density at radius 1 is 1.18 bits per heavy atom. The number of aliphatic hydroxyl groups excluding tert-OH is 1. The molecule has 9 nitrogen and oxygen atoms in total. The number of phenolic OH excluding ortho intramolecular Hbond substituents is 1. The molecule has 39 heavy (non-hydrogen) atoms. The fourth-order valence-electron chi connectivity index (χ4n) is 6.22. The van der Waals surface area contributed by atoms with Gasteiger partial charge in [0.1, 0.15) is 17.9 Å². The van der Waals surface area contributed by atoms with Gasteiger partial charge in [-0.15, -0.1) is 0 Å². The lowest BCUT2D eigenvalue weighted by Gasteiger charge is -2.34. The van der Waals surface area contributed by atoms with Gasteiger partial charge in [-0.1, -0.05) is 50.2 Å². The highest BCUT2D eigenvalue weighted by Crippen LogP contribution is 2.38. The number of benzene rings is 2. The van der Waals surface area contributed by atoms with Crippen LogP contribution in [0.5, 0.6) is 5.75 Å². The molecule has 9 heteroatoms. The van der Waals surface area contributed by atoms with Crippen LogP contribution < -0.4 is 10.6 Å². The first kappa shape index (κ1) is 27.4. The molecule has 3 aliphatic rings. The molecule has 0 bridgehead atoms. The molecule has 1 saturated carbocycles. The maximum Gasteiger partial charge on any atom is 0.407 e. The average Bonchev–Trinajstić information content (AvgIpc) is 3.56. The Hall–Kier alpha value is -3.14. The monoisotopic (exact) mass is 537 g/mol. The van der Waals surface area contributed by atoms with E-state index in [1.165, 1.54) is 6.07 Å². The Morgan fingerprint density at radius 3 is 2.72 bits per heavy atom. The number of ether oxygens (including phenoxy) is 2. The topological polar surface area (TPSA) is 120 Å². The molecule has 0 aromatic heterocycles. The van der Waals surface area contributed by atoms with Gasteiger partial charge in [0.15, 0.2) is 0 Å². The lowest BCUT2D eigenvalue weighted by atomic mass is 9.98. The van der Waals surface area contributed by atoms with Gasteiger partial charge >= 0.3 is 6.09 Å². The molecule has 210 valence electrons. The van der Waals surface area contributed by atoms with E-state index in [0.29, 0.717) is 31.0 Å². The molecule has 0 spiro atoms. The number of rotatable bonds is 10. The Bertz CT molecular complexity index is 1150. The van der Waals surface area contributed by atoms with E-state index in [4.69, 9.17) is 9.47 Å². The molecule has 2 aromatic carbocycles. The zero-order chi connectivity index (χ0) is 27.5. The fraction of sp³-hybridized carbons (Fsp3) is 0.533. The van der Waals surface area contributed by atoms with Gasteiger partial charge in [0.05, 0.1) is 18.2 Å². The van der Waals surface area contributed by atoms with Gasteiger partial charge in [0, 0.05) is 43.4 Å². The van der Waals surface area contributed by atoms with E-state index in [0.717, 1.165) is 30.6 Å². The standard InChI is InChI=1S/C30H39N3O6/c1-18(2)16-33(28-23-9-8-21(34)14-24(23)31-29(28)36)17-26(35)25(12-19-6-4-3-5-7-19)32-30(37)39-22-13-20-10-11-38-27(20)15-22/h3-9,14,18,20,22,25-28,34-35H,10-13,15-17H2,1-2H3,(H,31,36)(H,32,37)/t20?,22?,25?,26-,27?,28?/m1/s1. The van der Waals surface area contributed by atoms with Crippen LogP contribution in [0.4, 0.5) is 10.5 Å². The lowest BCUT2D eigenvalue weighted by molar-refractivity contribution is -0.121. The zero-order valence-corrected chi connectivity index (χ0v) is 22.6. The molecule has 4 N–H and O–H groups in total. The number of carbonyl (C=O) groups is 2. The fourth-order valence-corrected chi connectivity index (χ4v) is 6.22. The van der Waals surface area contributed by atoms with Gasteiger partial charge < -0.3 is 30.3 Å². The third kappa shape index (κ3) is 6.54. The van der Waals surface area contributed by atoms with Crippen LogP contribution in [-0.2, 0) is 20.7 Å². The molecule has 5 unspecified atom stereocenters. The Morgan fingerprint density at radius 2 is 1.97 bits per heavy atom. The van der Waals surface area contributed by atoms with Crippen LogP contribution in [0.15, 0.2) is 48.5 Å². The number of aliphatic hydroxyl groups is 1. The van der Waals surface area contributed by atoms with Gasteiger partial charge in [0.2, 0.25) is 5.91 Å². The number of nitrogens with zero attached hydrogens (tertiary/aromatic N) is 1. The minimum Gasteiger partial charge on any atom is -0.508 e. The number of hydrogen-bond acceptors (Lipinski definition) is 7. The molecular formula is C30H39N3O6. The van der Waals surface area contributed by atoms with Crippen molar-refractivity contribution in [3.63, 3.8) is 0 Å². The number of alkyl carbamates (subject to hydrolysis) is 1. The van der Waals surface area contributed by atoms with Crippen LogP contribution in [0.1, 0.15) is 50.3 Å². The van der Waals surface area contributed by atoms with Crippen LogP contribution in [-0.4, -0.2) is 71.2 Å². The summed E-state index contributed by atoms with van der Waals surface area (Å²) in [6, 6.07) is 13.3. The maximum absolute atomic E-state index is 13.0. The van der Waals surface area contributed by atoms with E-state index in [1.807, 2.05) is 35.2 Å². The normalized spacial score (nSPS) is 25.3. The minimum atomic E-state index is -0.975. The highest BCUT2D eigenvalue weighted by molar-refractivity contribution is 6.02. The second-order valence-corrected chi connectivity index (χ2v) is 11.5. The smallest absolute Gasteiger partial charge is 0.407 e. The highest BCUT2D eigenvalue weighted by atomic mass is 16.6. The number of hydrogen-bond donors (Lipinski definition) is 4. The predicted molar refractivity (Wildman–Crippen MR) is 146 cm³/mol. The average molecular weight is 538 g/mol. The molecule has 5 rings (SSSR count). The summed E-state index contributed by atoms with van der Waals surface area (Å²) in [5, 5.41) is 27.2. The first-order valence-electron chi connectivity index (χ1n) is 14.0. The Kier molecular flexibility index (Phi) is 8.40. The highest BCUT2D eigenvalue weighted by Gasteiger charge is 2.41. The van der Waals surface area contributed by atoms with Gasteiger partial charge in [-0.25, -0.2) is 4.79 Å². The number of carbonyl (C=O) groups excluding carboxylic acids is 2. The molecule has 2 amide bonds. The van der Waals surface area contributed by atoms with E-state index in [2.05, 4.69) is 24.5 Å². The Balaban J connectivity index is 1.31. The van der Waals surface area contributed by atoms with Crippen LogP contribution >= 0.6 is 0 Å². The van der Waals surface area contributed by atoms with Crippen molar-refractivity contribution in [3.8, 4) is 5.75 Å². The molecule has 6 atom stereocenters. The summed E-state index contributed by atoms with van der Waals surface area (Å²) in [6.45, 7) is 5.61. The number of anilines is 1. The lowest BCUT2D eigenvalue weighted by Crippen LogP contribution is -2.51. The van der Waals surface area contributed by atoms with Crippen molar-refractivity contribution in [1.29, 1.82) is 0 Å². The third-order valence-electron chi connectivity index (χ3n) is 7.97. The van der Waals surface area contributed by atoms with Crippen LogP contribution in [0.25, 0.3) is 0 Å². The van der Waals surface area contributed by atoms with E-state index >= 15 is 0 Å². The number of phenols is 1. The molecule has 2 aliphatic heterocycles. The van der Waals surface area contributed by atoms with Crippen LogP contribution in [0.2, 0.25) is 0 Å². The van der Waals surface area contributed by atoms with Crippen molar-refractivity contribution in [1.82, 2.24) is 10.2 Å². The van der Waals surface area contributed by atoms with Crippen molar-refractivity contribution in [3.05, 3.63) is 59.7 Å². The van der Waals surface area contributed by atoms with Gasteiger partial charge in [0.25, 0.3) is 0 Å². The molecule has 1 aliphatic carbocycles. The van der Waals surface area contributed by atoms with Gasteiger partial charge in [-0.3, -0.25) is 9.69 Å². The van der Waals surface area contributed by atoms with Crippen LogP contribution in [0, 0.1) is 11.8 Å². The summed E-state index contributed by atoms with van der Waals surface area (Å²) >= 11 is 0. The van der Waals surface area contributed by atoms with Crippen molar-refractivity contribution in [2.75, 3.05) is 25.0 Å². The molecule has 2 heterocycles. The summed E-state index contributed by atoms with van der Waals surface area (Å²) in [4.78, 5) is 28.0. The van der Waals surface area contributed by atoms with Crippen LogP contribution in [0.3, 0.4) is 0 Å². The van der Waals surface area contributed by atoms with E-state index in [9.17, 15) is 19.8 Å². The maximum atomic E-state index is 13.0. The molecule has 1 saturated heterocycles. The van der Waals surface area contributed by atoms with E-state index in [1.54, 1.807) is 12.1 Å². The Labute approximate surface area is 229 Å². The molecule has 2 aromatic rings. The predicted octanol–water partition coefficient (Wildman–Crippen LogP) is 3.61. The third-order valence-corrected chi connectivity index (χ3v) is 7.97. The number of amides is 2. The van der Waals surface area contributed by atoms with Crippen molar-refractivity contribution in [2.24, 2.45) is 11.8 Å². The first-order chi connectivity index (χ1) is 18.8. The first-order valence-corrected chi connectivity index (χ1v) is 14.0. The van der Waals surface area contributed by atoms with Crippen molar-refractivity contribution in [2.45, 2.75) is 69.9 Å². The number of nitrogens with one attached hydrogen (secondary N) is 2. The summed E-state index contributed by atoms with van der Waals surface area (Å²) < 4.78 is 11.5. The van der Waals surface area contributed by atoms with Crippen molar-refractivity contribution >= 4 is 17.7 Å². The summed E-state index contributed by atoms with van der Waals surface area (Å²) in [5.74, 6) is 0.541. The largest absolute Gasteiger partial charge is 0.508 e. The summed E-state index contributed by atoms with van der Waals surface area (Å²) in [5.41, 5.74) is 2.30. The quantitative estimate of drug-likeness (QED) is 0.365. The molecule has 0 radical (unpaired) electrons. The molecular weight excluding hydrogens is 498 g/mol. The van der Waals surface area contributed by atoms with E-state index < -0.39 is 24.3 Å². The SMILES string of the molecule is CC(C)CN(C[C@@H](O)C(Cc1ccccc1)NC(=O)OC1CC2CCOC2C1)C1C(=O)Nc2cc(O)ccc21. The second kappa shape index (κ2) is 11.9. The van der Waals surface area contributed by atoms with E-state index in [-0.39, 0.29) is 36.3 Å². The number of aromatic hydroxyl groups is 1. The van der Waals surface area contributed by atoms with Crippen molar-refractivity contribution < 1.29 is 29.3 Å². The zero-order valence-electron chi connectivity index (χ0n) is 22.6.